The molecule has 84 valence electrons. The molecule has 0 amide bonds. The Hall–Kier alpha value is -1.61. The van der Waals surface area contributed by atoms with Gasteiger partial charge in [-0.3, -0.25) is 4.68 Å². The summed E-state index contributed by atoms with van der Waals surface area (Å²) in [5.41, 5.74) is 2.38. The van der Waals surface area contributed by atoms with Gasteiger partial charge in [0.05, 0.1) is 5.69 Å². The molecule has 0 bridgehead atoms. The summed E-state index contributed by atoms with van der Waals surface area (Å²) < 4.78 is 1.82. The number of aryl methyl sites for hydroxylation is 1. The van der Waals surface area contributed by atoms with Gasteiger partial charge in [-0.1, -0.05) is 30.3 Å². The standard InChI is InChI=1S/C13H17N3/c1-11(12-6-4-3-5-7-12)14-10-13-8-9-16(2)15-13/h3-9,11,14H,10H2,1-2H3/t11-/m1/s1. The van der Waals surface area contributed by atoms with Gasteiger partial charge in [0.15, 0.2) is 0 Å². The third kappa shape index (κ3) is 2.70. The van der Waals surface area contributed by atoms with Gasteiger partial charge in [0, 0.05) is 25.8 Å². The molecular weight excluding hydrogens is 198 g/mol. The lowest BCUT2D eigenvalue weighted by molar-refractivity contribution is 0.562. The molecule has 0 aliphatic rings. The fourth-order valence-electron chi connectivity index (χ4n) is 1.67. The molecule has 1 heterocycles. The van der Waals surface area contributed by atoms with Gasteiger partial charge in [0.2, 0.25) is 0 Å². The van der Waals surface area contributed by atoms with Crippen molar-refractivity contribution in [1.29, 1.82) is 0 Å². The van der Waals surface area contributed by atoms with Crippen molar-refractivity contribution in [2.24, 2.45) is 7.05 Å². The number of hydrogen-bond donors (Lipinski definition) is 1. The Morgan fingerprint density at radius 2 is 2.00 bits per heavy atom. The second-order valence-electron chi connectivity index (χ2n) is 3.99. The number of aromatic nitrogens is 2. The Kier molecular flexibility index (Phi) is 3.37. The first-order chi connectivity index (χ1) is 7.75. The van der Waals surface area contributed by atoms with E-state index in [-0.39, 0.29) is 0 Å². The van der Waals surface area contributed by atoms with Crippen LogP contribution in [0.5, 0.6) is 0 Å². The number of nitrogens with one attached hydrogen (secondary N) is 1. The van der Waals surface area contributed by atoms with Crippen molar-refractivity contribution in [2.45, 2.75) is 19.5 Å². The van der Waals surface area contributed by atoms with E-state index in [0.29, 0.717) is 6.04 Å². The van der Waals surface area contributed by atoms with Crippen LogP contribution in [0.15, 0.2) is 42.6 Å². The van der Waals surface area contributed by atoms with Crippen molar-refractivity contribution in [3.8, 4) is 0 Å². The van der Waals surface area contributed by atoms with E-state index in [1.807, 2.05) is 30.1 Å². The lowest BCUT2D eigenvalue weighted by Crippen LogP contribution is -2.18. The molecule has 3 nitrogen and oxygen atoms in total. The summed E-state index contributed by atoms with van der Waals surface area (Å²) >= 11 is 0. The van der Waals surface area contributed by atoms with Crippen molar-refractivity contribution in [3.05, 3.63) is 53.9 Å². The van der Waals surface area contributed by atoms with Crippen molar-refractivity contribution in [2.75, 3.05) is 0 Å². The molecule has 0 aliphatic heterocycles. The van der Waals surface area contributed by atoms with Crippen LogP contribution in [0, 0.1) is 0 Å². The summed E-state index contributed by atoms with van der Waals surface area (Å²) in [6, 6.07) is 12.8. The van der Waals surface area contributed by atoms with E-state index in [2.05, 4.69) is 41.6 Å². The van der Waals surface area contributed by atoms with Crippen LogP contribution >= 0.6 is 0 Å². The van der Waals surface area contributed by atoms with E-state index >= 15 is 0 Å². The summed E-state index contributed by atoms with van der Waals surface area (Å²) in [6.45, 7) is 2.97. The van der Waals surface area contributed by atoms with Crippen LogP contribution in [0.4, 0.5) is 0 Å². The van der Waals surface area contributed by atoms with Crippen molar-refractivity contribution in [3.63, 3.8) is 0 Å². The average Bonchev–Trinajstić information content (AvgIpc) is 2.73. The fraction of sp³-hybridized carbons (Fsp3) is 0.308. The molecule has 0 saturated heterocycles. The molecule has 2 aromatic rings. The van der Waals surface area contributed by atoms with Gasteiger partial charge >= 0.3 is 0 Å². The van der Waals surface area contributed by atoms with E-state index in [9.17, 15) is 0 Å². The Morgan fingerprint density at radius 1 is 1.25 bits per heavy atom. The summed E-state index contributed by atoms with van der Waals surface area (Å²) in [4.78, 5) is 0. The molecule has 16 heavy (non-hydrogen) atoms. The van der Waals surface area contributed by atoms with Crippen molar-refractivity contribution < 1.29 is 0 Å². The minimum atomic E-state index is 0.350. The number of benzene rings is 1. The maximum atomic E-state index is 4.33. The number of hydrogen-bond acceptors (Lipinski definition) is 2. The molecule has 3 heteroatoms. The molecule has 0 saturated carbocycles. The van der Waals surface area contributed by atoms with E-state index in [1.165, 1.54) is 5.56 Å². The van der Waals surface area contributed by atoms with E-state index < -0.39 is 0 Å². The second-order valence-corrected chi connectivity index (χ2v) is 3.99. The molecule has 0 aliphatic carbocycles. The van der Waals surface area contributed by atoms with Crippen LogP contribution < -0.4 is 5.32 Å². The molecule has 0 spiro atoms. The normalized spacial score (nSPS) is 12.6. The fourth-order valence-corrected chi connectivity index (χ4v) is 1.67. The maximum Gasteiger partial charge on any atom is 0.0762 e. The lowest BCUT2D eigenvalue weighted by atomic mass is 10.1. The van der Waals surface area contributed by atoms with Gasteiger partial charge in [0.1, 0.15) is 0 Å². The minimum absolute atomic E-state index is 0.350. The van der Waals surface area contributed by atoms with Gasteiger partial charge in [-0.2, -0.15) is 5.10 Å². The lowest BCUT2D eigenvalue weighted by Gasteiger charge is -2.12. The smallest absolute Gasteiger partial charge is 0.0762 e. The summed E-state index contributed by atoms with van der Waals surface area (Å²) in [6.07, 6.45) is 1.96. The monoisotopic (exact) mass is 215 g/mol. The van der Waals surface area contributed by atoms with Gasteiger partial charge in [-0.15, -0.1) is 0 Å². The maximum absolute atomic E-state index is 4.33. The second kappa shape index (κ2) is 4.94. The summed E-state index contributed by atoms with van der Waals surface area (Å²) in [5.74, 6) is 0. The molecule has 0 radical (unpaired) electrons. The van der Waals surface area contributed by atoms with Gasteiger partial charge in [-0.25, -0.2) is 0 Å². The molecule has 1 N–H and O–H groups in total. The highest BCUT2D eigenvalue weighted by Gasteiger charge is 2.04. The highest BCUT2D eigenvalue weighted by atomic mass is 15.3. The van der Waals surface area contributed by atoms with Crippen LogP contribution in [-0.4, -0.2) is 9.78 Å². The van der Waals surface area contributed by atoms with E-state index in [0.717, 1.165) is 12.2 Å². The highest BCUT2D eigenvalue weighted by Crippen LogP contribution is 2.11. The van der Waals surface area contributed by atoms with Crippen LogP contribution in [0.3, 0.4) is 0 Å². The minimum Gasteiger partial charge on any atom is -0.304 e. The van der Waals surface area contributed by atoms with Gasteiger partial charge in [-0.05, 0) is 18.6 Å². The van der Waals surface area contributed by atoms with Crippen LogP contribution in [-0.2, 0) is 13.6 Å². The zero-order chi connectivity index (χ0) is 11.4. The zero-order valence-corrected chi connectivity index (χ0v) is 9.72. The van der Waals surface area contributed by atoms with E-state index in [4.69, 9.17) is 0 Å². The summed E-state index contributed by atoms with van der Waals surface area (Å²) in [5, 5.41) is 7.78. The first-order valence-corrected chi connectivity index (χ1v) is 5.52. The summed E-state index contributed by atoms with van der Waals surface area (Å²) in [7, 11) is 1.93. The highest BCUT2D eigenvalue weighted by molar-refractivity contribution is 5.18. The molecule has 1 aromatic carbocycles. The Labute approximate surface area is 96.1 Å². The van der Waals surface area contributed by atoms with Crippen LogP contribution in [0.1, 0.15) is 24.2 Å². The molecule has 0 unspecified atom stereocenters. The predicted molar refractivity (Wildman–Crippen MR) is 64.9 cm³/mol. The van der Waals surface area contributed by atoms with Crippen LogP contribution in [0.25, 0.3) is 0 Å². The predicted octanol–water partition coefficient (Wildman–Crippen LogP) is 2.27. The van der Waals surface area contributed by atoms with Crippen molar-refractivity contribution >= 4 is 0 Å². The SMILES string of the molecule is C[C@@H](NCc1ccn(C)n1)c1ccccc1. The van der Waals surface area contributed by atoms with Crippen molar-refractivity contribution in [1.82, 2.24) is 15.1 Å². The number of rotatable bonds is 4. The molecule has 2 rings (SSSR count). The molecule has 0 fully saturated rings. The largest absolute Gasteiger partial charge is 0.304 e. The molecule has 1 atom stereocenters. The Morgan fingerprint density at radius 3 is 2.62 bits per heavy atom. The Balaban J connectivity index is 1.91. The van der Waals surface area contributed by atoms with Crippen LogP contribution in [0.2, 0.25) is 0 Å². The third-order valence-electron chi connectivity index (χ3n) is 2.66. The first kappa shape index (κ1) is 10.9. The van der Waals surface area contributed by atoms with Gasteiger partial charge < -0.3 is 5.32 Å². The topological polar surface area (TPSA) is 29.9 Å². The first-order valence-electron chi connectivity index (χ1n) is 5.52. The zero-order valence-electron chi connectivity index (χ0n) is 9.72. The average molecular weight is 215 g/mol. The molecule has 1 aromatic heterocycles. The van der Waals surface area contributed by atoms with Gasteiger partial charge in [0.25, 0.3) is 0 Å². The Bertz CT molecular complexity index is 433. The third-order valence-corrected chi connectivity index (χ3v) is 2.66. The molecular formula is C13H17N3. The number of nitrogens with zero attached hydrogens (tertiary/aromatic N) is 2. The van der Waals surface area contributed by atoms with E-state index in [1.54, 1.807) is 0 Å². The quantitative estimate of drug-likeness (QED) is 0.848.